The molecule has 0 fully saturated rings. The van der Waals surface area contributed by atoms with E-state index in [-0.39, 0.29) is 61.9 Å². The maximum absolute atomic E-state index is 4.95. The van der Waals surface area contributed by atoms with Crippen LogP contribution in [0.5, 0.6) is 0 Å². The quantitative estimate of drug-likeness (QED) is 0.301. The van der Waals surface area contributed by atoms with E-state index in [1.807, 2.05) is 13.8 Å². The monoisotopic (exact) mass is 188 g/mol. The van der Waals surface area contributed by atoms with E-state index in [1.165, 1.54) is 0 Å². The Morgan fingerprint density at radius 1 is 1.78 bits per heavy atom. The average Bonchev–Trinajstić information content (AvgIpc) is 1.65. The second-order valence-electron chi connectivity index (χ2n) is 1.59. The largest absolute Gasteiger partial charge is 1.00 e. The van der Waals surface area contributed by atoms with Crippen LogP contribution in [0.25, 0.3) is 0 Å². The van der Waals surface area contributed by atoms with Gasteiger partial charge in [-0.15, -0.1) is 0 Å². The number of hydrogen-bond acceptors (Lipinski definition) is 3. The molecule has 1 unspecified atom stereocenters. The third-order valence-electron chi connectivity index (χ3n) is 0.872. The van der Waals surface area contributed by atoms with Crippen LogP contribution in [-0.2, 0) is 17.4 Å². The topological polar surface area (TPSA) is 9.23 Å². The van der Waals surface area contributed by atoms with Crippen molar-refractivity contribution in [1.82, 2.24) is 0 Å². The van der Waals surface area contributed by atoms with E-state index in [0.29, 0.717) is 0 Å². The zero-order chi connectivity index (χ0) is 6.57. The van der Waals surface area contributed by atoms with Crippen LogP contribution in [0.1, 0.15) is 20.3 Å². The number of rotatable bonds is 2. The molecule has 0 rings (SSSR count). The van der Waals surface area contributed by atoms with Crippen molar-refractivity contribution in [3.05, 3.63) is 0 Å². The third-order valence-corrected chi connectivity index (χ3v) is 1.06. The van der Waals surface area contributed by atoms with Crippen LogP contribution in [0.15, 0.2) is 0 Å². The van der Waals surface area contributed by atoms with Crippen molar-refractivity contribution < 1.29 is 56.1 Å². The summed E-state index contributed by atoms with van der Waals surface area (Å²) >= 11 is 9.06. The van der Waals surface area contributed by atoms with E-state index in [1.54, 1.807) is 0 Å². The fourth-order valence-corrected chi connectivity index (χ4v) is 0.576. The third kappa shape index (κ3) is 9.75. The summed E-state index contributed by atoms with van der Waals surface area (Å²) in [4.78, 5) is 0. The van der Waals surface area contributed by atoms with Crippen molar-refractivity contribution in [2.24, 2.45) is 0 Å². The molecule has 0 aromatic carbocycles. The molecule has 9 heavy (non-hydrogen) atoms. The first-order valence-electron chi connectivity index (χ1n) is 2.54. The van der Waals surface area contributed by atoms with Crippen molar-refractivity contribution in [3.63, 3.8) is 0 Å². The second kappa shape index (κ2) is 7.85. The predicted molar refractivity (Wildman–Crippen MR) is 40.8 cm³/mol. The summed E-state index contributed by atoms with van der Waals surface area (Å²) in [6, 6.07) is 0. The minimum absolute atomic E-state index is 0. The molecule has 1 nitrogen and oxygen atoms in total. The van der Waals surface area contributed by atoms with Gasteiger partial charge in [-0.05, 0) is 13.3 Å². The van der Waals surface area contributed by atoms with Crippen LogP contribution < -0.4 is 51.4 Å². The summed E-state index contributed by atoms with van der Waals surface area (Å²) in [5, 5.41) is 0. The molecule has 4 heteroatoms. The summed E-state index contributed by atoms with van der Waals surface area (Å²) in [6.45, 7) is 3.97. The van der Waals surface area contributed by atoms with Crippen LogP contribution in [0.3, 0.4) is 0 Å². The first-order chi connectivity index (χ1) is 3.66. The Kier molecular flexibility index (Phi) is 11.6. The smallest absolute Gasteiger partial charge is 0.511 e. The maximum atomic E-state index is 4.95. The molecule has 0 saturated carbocycles. The molecule has 0 bridgehead atoms. The van der Waals surface area contributed by atoms with E-state index in [9.17, 15) is 0 Å². The molecule has 0 N–H and O–H groups in total. The molecular weight excluding hydrogens is 179 g/mol. The first-order valence-corrected chi connectivity index (χ1v) is 3.36. The van der Waals surface area contributed by atoms with Gasteiger partial charge < -0.3 is 29.6 Å². The van der Waals surface area contributed by atoms with Crippen molar-refractivity contribution in [2.45, 2.75) is 26.4 Å². The van der Waals surface area contributed by atoms with Gasteiger partial charge in [0.25, 0.3) is 0 Å². The predicted octanol–water partition coefficient (Wildman–Crippen LogP) is -1.36. The Labute approximate surface area is 110 Å². The van der Waals surface area contributed by atoms with Crippen molar-refractivity contribution in [2.75, 3.05) is 0 Å². The number of hydrogen-bond donors (Lipinski definition) is 0. The minimum atomic E-state index is 0. The molecular formula is C5H9KOS2. The molecule has 0 aliphatic heterocycles. The van der Waals surface area contributed by atoms with Gasteiger partial charge in [0.1, 0.15) is 0 Å². The Hall–Kier alpha value is 1.75. The van der Waals surface area contributed by atoms with Gasteiger partial charge >= 0.3 is 51.4 Å². The van der Waals surface area contributed by atoms with Crippen molar-refractivity contribution >= 4 is 29.2 Å². The summed E-state index contributed by atoms with van der Waals surface area (Å²) < 4.78 is 5.17. The van der Waals surface area contributed by atoms with Gasteiger partial charge in [0.2, 0.25) is 0 Å². The summed E-state index contributed by atoms with van der Waals surface area (Å²) in [5.74, 6) is 0. The Morgan fingerprint density at radius 3 is 2.33 bits per heavy atom. The summed E-state index contributed by atoms with van der Waals surface area (Å²) in [5.41, 5.74) is 0. The fourth-order valence-electron chi connectivity index (χ4n) is 0.248. The van der Waals surface area contributed by atoms with E-state index in [0.717, 1.165) is 6.42 Å². The molecule has 0 radical (unpaired) electrons. The van der Waals surface area contributed by atoms with Crippen LogP contribution in [0.4, 0.5) is 0 Å². The molecule has 0 aromatic heterocycles. The molecule has 0 aliphatic rings. The Balaban J connectivity index is 0. The van der Waals surface area contributed by atoms with Gasteiger partial charge in [0, 0.05) is 4.38 Å². The number of thiocarbonyl (C=S) groups is 1. The minimum Gasteiger partial charge on any atom is -0.511 e. The first kappa shape index (κ1) is 13.3. The van der Waals surface area contributed by atoms with E-state index >= 15 is 0 Å². The Morgan fingerprint density at radius 2 is 2.22 bits per heavy atom. The van der Waals surface area contributed by atoms with Gasteiger partial charge in [0.15, 0.2) is 0 Å². The van der Waals surface area contributed by atoms with Gasteiger partial charge in [-0.1, -0.05) is 6.92 Å². The second-order valence-corrected chi connectivity index (χ2v) is 2.59. The van der Waals surface area contributed by atoms with Crippen LogP contribution >= 0.6 is 12.2 Å². The molecule has 1 atom stereocenters. The molecule has 0 spiro atoms. The van der Waals surface area contributed by atoms with E-state index in [2.05, 4.69) is 24.8 Å². The van der Waals surface area contributed by atoms with Gasteiger partial charge in [0.05, 0.1) is 6.10 Å². The van der Waals surface area contributed by atoms with Crippen molar-refractivity contribution in [1.29, 1.82) is 0 Å². The summed E-state index contributed by atoms with van der Waals surface area (Å²) in [6.07, 6.45) is 1.14. The average molecular weight is 188 g/mol. The molecule has 0 amide bonds. The maximum Gasteiger partial charge on any atom is 1.00 e. The normalized spacial score (nSPS) is 11.3. The zero-order valence-electron chi connectivity index (χ0n) is 6.01. The van der Waals surface area contributed by atoms with Crippen LogP contribution in [-0.4, -0.2) is 10.5 Å². The van der Waals surface area contributed by atoms with Crippen LogP contribution in [0, 0.1) is 0 Å². The van der Waals surface area contributed by atoms with Gasteiger partial charge in [-0.2, -0.15) is 0 Å². The van der Waals surface area contributed by atoms with Crippen LogP contribution in [0.2, 0.25) is 0 Å². The molecule has 0 saturated heterocycles. The zero-order valence-corrected chi connectivity index (χ0v) is 10.8. The number of ether oxygens (including phenoxy) is 1. The molecule has 48 valence electrons. The SMILES string of the molecule is CCC(C)OC(=S)[S-].[K+]. The molecule has 0 heterocycles. The van der Waals surface area contributed by atoms with Gasteiger partial charge in [-0.3, -0.25) is 0 Å². The van der Waals surface area contributed by atoms with E-state index < -0.39 is 0 Å². The Bertz CT molecular complexity index is 87.0. The van der Waals surface area contributed by atoms with Crippen molar-refractivity contribution in [3.8, 4) is 0 Å². The summed E-state index contributed by atoms with van der Waals surface area (Å²) in [7, 11) is 0. The van der Waals surface area contributed by atoms with Gasteiger partial charge in [-0.25, -0.2) is 0 Å². The fraction of sp³-hybridized carbons (Fsp3) is 0.800. The molecule has 0 aliphatic carbocycles. The standard InChI is InChI=1S/C5H10OS2.K/c1-3-4(2)6-5(7)8;/h4H,3H2,1-2H3,(H,7,8);/q;+1/p-1. The molecule has 0 aromatic rings. The van der Waals surface area contributed by atoms with E-state index in [4.69, 9.17) is 4.74 Å².